The van der Waals surface area contributed by atoms with Crippen LogP contribution in [0.15, 0.2) is 42.5 Å². The Morgan fingerprint density at radius 2 is 2.00 bits per heavy atom. The Morgan fingerprint density at radius 3 is 2.83 bits per heavy atom. The SMILES string of the molecule is CC(=O)NC[C@H]1CCN(C(=O)COc2cccc3ccccc23)C1. The van der Waals surface area contributed by atoms with Crippen molar-refractivity contribution < 1.29 is 14.3 Å². The van der Waals surface area contributed by atoms with E-state index in [0.29, 0.717) is 19.0 Å². The van der Waals surface area contributed by atoms with Gasteiger partial charge in [-0.25, -0.2) is 0 Å². The van der Waals surface area contributed by atoms with Crippen LogP contribution in [-0.2, 0) is 9.59 Å². The van der Waals surface area contributed by atoms with E-state index >= 15 is 0 Å². The molecule has 1 saturated heterocycles. The number of nitrogens with zero attached hydrogens (tertiary/aromatic N) is 1. The van der Waals surface area contributed by atoms with Crippen LogP contribution < -0.4 is 10.1 Å². The van der Waals surface area contributed by atoms with Crippen molar-refractivity contribution in [2.24, 2.45) is 5.92 Å². The van der Waals surface area contributed by atoms with Crippen LogP contribution in [0.25, 0.3) is 10.8 Å². The maximum Gasteiger partial charge on any atom is 0.260 e. The van der Waals surface area contributed by atoms with Crippen molar-refractivity contribution in [1.82, 2.24) is 10.2 Å². The lowest BCUT2D eigenvalue weighted by molar-refractivity contribution is -0.132. The monoisotopic (exact) mass is 326 g/mol. The number of carbonyl (C=O) groups excluding carboxylic acids is 2. The third kappa shape index (κ3) is 3.85. The third-order valence-electron chi connectivity index (χ3n) is 4.38. The molecule has 2 aromatic rings. The molecule has 2 aromatic carbocycles. The van der Waals surface area contributed by atoms with E-state index < -0.39 is 0 Å². The van der Waals surface area contributed by atoms with Crippen LogP contribution in [0.2, 0.25) is 0 Å². The van der Waals surface area contributed by atoms with Gasteiger partial charge in [-0.05, 0) is 23.8 Å². The minimum Gasteiger partial charge on any atom is -0.483 e. The van der Waals surface area contributed by atoms with Crippen LogP contribution in [0.1, 0.15) is 13.3 Å². The molecule has 1 atom stereocenters. The van der Waals surface area contributed by atoms with Crippen LogP contribution in [0.3, 0.4) is 0 Å². The van der Waals surface area contributed by atoms with Crippen molar-refractivity contribution in [2.75, 3.05) is 26.2 Å². The number of hydrogen-bond acceptors (Lipinski definition) is 3. The second kappa shape index (κ2) is 7.34. The van der Waals surface area contributed by atoms with Crippen molar-refractivity contribution in [1.29, 1.82) is 0 Å². The minimum atomic E-state index is -0.0286. The number of nitrogens with one attached hydrogen (secondary N) is 1. The molecule has 0 spiro atoms. The predicted molar refractivity (Wildman–Crippen MR) is 92.8 cm³/mol. The molecule has 0 aromatic heterocycles. The van der Waals surface area contributed by atoms with Crippen molar-refractivity contribution in [3.8, 4) is 5.75 Å². The molecule has 0 unspecified atom stereocenters. The fourth-order valence-corrected chi connectivity index (χ4v) is 3.07. The summed E-state index contributed by atoms with van der Waals surface area (Å²) in [5.41, 5.74) is 0. The summed E-state index contributed by atoms with van der Waals surface area (Å²) in [6.45, 7) is 3.58. The smallest absolute Gasteiger partial charge is 0.260 e. The molecular weight excluding hydrogens is 304 g/mol. The van der Waals surface area contributed by atoms with Crippen LogP contribution in [0.5, 0.6) is 5.75 Å². The molecule has 5 heteroatoms. The summed E-state index contributed by atoms with van der Waals surface area (Å²) in [7, 11) is 0. The largest absolute Gasteiger partial charge is 0.483 e. The van der Waals surface area contributed by atoms with Gasteiger partial charge in [0.2, 0.25) is 5.91 Å². The quantitative estimate of drug-likeness (QED) is 0.916. The van der Waals surface area contributed by atoms with E-state index in [1.807, 2.05) is 47.4 Å². The summed E-state index contributed by atoms with van der Waals surface area (Å²) in [6.07, 6.45) is 0.917. The summed E-state index contributed by atoms with van der Waals surface area (Å²) >= 11 is 0. The summed E-state index contributed by atoms with van der Waals surface area (Å²) in [5, 5.41) is 4.92. The molecule has 0 aliphatic carbocycles. The third-order valence-corrected chi connectivity index (χ3v) is 4.38. The molecule has 5 nitrogen and oxygen atoms in total. The van der Waals surface area contributed by atoms with Crippen LogP contribution in [0, 0.1) is 5.92 Å². The first-order valence-corrected chi connectivity index (χ1v) is 8.26. The highest BCUT2D eigenvalue weighted by molar-refractivity contribution is 5.88. The van der Waals surface area contributed by atoms with Gasteiger partial charge in [0.15, 0.2) is 6.61 Å². The van der Waals surface area contributed by atoms with Crippen molar-refractivity contribution in [3.05, 3.63) is 42.5 Å². The molecule has 3 rings (SSSR count). The van der Waals surface area contributed by atoms with E-state index in [1.165, 1.54) is 6.92 Å². The molecule has 1 aliphatic heterocycles. The van der Waals surface area contributed by atoms with E-state index in [2.05, 4.69) is 5.32 Å². The number of likely N-dealkylation sites (tertiary alicyclic amines) is 1. The lowest BCUT2D eigenvalue weighted by atomic mass is 10.1. The Hall–Kier alpha value is -2.56. The zero-order valence-corrected chi connectivity index (χ0v) is 13.8. The highest BCUT2D eigenvalue weighted by atomic mass is 16.5. The molecule has 24 heavy (non-hydrogen) atoms. The van der Waals surface area contributed by atoms with Gasteiger partial charge in [0.05, 0.1) is 0 Å². The number of rotatable bonds is 5. The van der Waals surface area contributed by atoms with E-state index in [-0.39, 0.29) is 18.4 Å². The Morgan fingerprint density at radius 1 is 1.21 bits per heavy atom. The van der Waals surface area contributed by atoms with Crippen LogP contribution in [0.4, 0.5) is 0 Å². The number of carbonyl (C=O) groups is 2. The van der Waals surface area contributed by atoms with Gasteiger partial charge >= 0.3 is 0 Å². The number of amides is 2. The molecule has 0 saturated carbocycles. The van der Waals surface area contributed by atoms with Crippen molar-refractivity contribution >= 4 is 22.6 Å². The van der Waals surface area contributed by atoms with Gasteiger partial charge in [0.1, 0.15) is 5.75 Å². The van der Waals surface area contributed by atoms with Gasteiger partial charge in [0.25, 0.3) is 5.91 Å². The molecule has 1 heterocycles. The number of ether oxygens (including phenoxy) is 1. The second-order valence-electron chi connectivity index (χ2n) is 6.20. The standard InChI is InChI=1S/C19H22N2O3/c1-14(22)20-11-15-9-10-21(12-15)19(23)13-24-18-8-4-6-16-5-2-3-7-17(16)18/h2-8,15H,9-13H2,1H3,(H,20,22)/t15-/m1/s1. The van der Waals surface area contributed by atoms with Crippen LogP contribution in [-0.4, -0.2) is 43.0 Å². The Balaban J connectivity index is 1.55. The number of benzene rings is 2. The average Bonchev–Trinajstić information content (AvgIpc) is 3.07. The number of hydrogen-bond donors (Lipinski definition) is 1. The summed E-state index contributed by atoms with van der Waals surface area (Å²) in [6, 6.07) is 13.8. The topological polar surface area (TPSA) is 58.6 Å². The van der Waals surface area contributed by atoms with Gasteiger partial charge in [-0.2, -0.15) is 0 Å². The predicted octanol–water partition coefficient (Wildman–Crippen LogP) is 2.20. The van der Waals surface area contributed by atoms with E-state index in [1.54, 1.807) is 0 Å². The molecule has 0 radical (unpaired) electrons. The van der Waals surface area contributed by atoms with E-state index in [4.69, 9.17) is 4.74 Å². The Bertz CT molecular complexity index is 739. The first kappa shape index (κ1) is 16.3. The van der Waals surface area contributed by atoms with Crippen LogP contribution >= 0.6 is 0 Å². The first-order chi connectivity index (χ1) is 11.6. The number of fused-ring (bicyclic) bond motifs is 1. The molecule has 126 valence electrons. The summed E-state index contributed by atoms with van der Waals surface area (Å²) in [5.74, 6) is 1.03. The molecular formula is C19H22N2O3. The Labute approximate surface area is 141 Å². The fourth-order valence-electron chi connectivity index (χ4n) is 3.07. The van der Waals surface area contributed by atoms with Crippen molar-refractivity contribution in [3.63, 3.8) is 0 Å². The summed E-state index contributed by atoms with van der Waals surface area (Å²) < 4.78 is 5.77. The van der Waals surface area contributed by atoms with Gasteiger partial charge < -0.3 is 15.0 Å². The highest BCUT2D eigenvalue weighted by Crippen LogP contribution is 2.25. The van der Waals surface area contributed by atoms with Gasteiger partial charge in [0, 0.05) is 31.9 Å². The lowest BCUT2D eigenvalue weighted by Crippen LogP contribution is -2.34. The average molecular weight is 326 g/mol. The highest BCUT2D eigenvalue weighted by Gasteiger charge is 2.26. The molecule has 1 fully saturated rings. The normalized spacial score (nSPS) is 17.0. The summed E-state index contributed by atoms with van der Waals surface area (Å²) in [4.78, 5) is 25.1. The van der Waals surface area contributed by atoms with Gasteiger partial charge in [-0.3, -0.25) is 9.59 Å². The van der Waals surface area contributed by atoms with E-state index in [0.717, 1.165) is 29.5 Å². The molecule has 2 amide bonds. The molecule has 1 N–H and O–H groups in total. The zero-order valence-electron chi connectivity index (χ0n) is 13.8. The second-order valence-corrected chi connectivity index (χ2v) is 6.20. The van der Waals surface area contributed by atoms with E-state index in [9.17, 15) is 9.59 Å². The molecule has 0 bridgehead atoms. The molecule has 1 aliphatic rings. The Kier molecular flexibility index (Phi) is 4.99. The first-order valence-electron chi connectivity index (χ1n) is 8.26. The maximum atomic E-state index is 12.4. The van der Waals surface area contributed by atoms with Crippen molar-refractivity contribution in [2.45, 2.75) is 13.3 Å². The van der Waals surface area contributed by atoms with Gasteiger partial charge in [-0.15, -0.1) is 0 Å². The fraction of sp³-hybridized carbons (Fsp3) is 0.368. The zero-order chi connectivity index (χ0) is 16.9. The maximum absolute atomic E-state index is 12.4. The van der Waals surface area contributed by atoms with Gasteiger partial charge in [-0.1, -0.05) is 36.4 Å². The minimum absolute atomic E-state index is 0.00624. The lowest BCUT2D eigenvalue weighted by Gasteiger charge is -2.17.